The Bertz CT molecular complexity index is 1110. The van der Waals surface area contributed by atoms with E-state index in [1.54, 1.807) is 18.3 Å². The molecule has 1 aliphatic heterocycles. The van der Waals surface area contributed by atoms with Gasteiger partial charge in [-0.3, -0.25) is 4.79 Å². The van der Waals surface area contributed by atoms with Gasteiger partial charge in [-0.05, 0) is 39.3 Å². The first-order valence-corrected chi connectivity index (χ1v) is 10.2. The van der Waals surface area contributed by atoms with Gasteiger partial charge in [0.15, 0.2) is 6.17 Å². The van der Waals surface area contributed by atoms with Crippen molar-refractivity contribution >= 4 is 16.7 Å². The number of fused-ring (bicyclic) bond motifs is 1. The minimum absolute atomic E-state index is 0.0854. The summed E-state index contributed by atoms with van der Waals surface area (Å²) in [7, 11) is 1.49. The Hall–Kier alpha value is -3.32. The SMILES string of the molecule is CC[C@@H]1[C@H](F)C(=O)N[C@@H]1COc1ncc(C#CC(C)(C)C)c2cc(C#N)c(OC)cc12. The molecule has 0 aliphatic carbocycles. The molecule has 2 heterocycles. The highest BCUT2D eigenvalue weighted by Gasteiger charge is 2.41. The van der Waals surface area contributed by atoms with Crippen LogP contribution in [-0.4, -0.2) is 36.8 Å². The molecule has 2 aromatic rings. The van der Waals surface area contributed by atoms with Crippen molar-refractivity contribution in [2.75, 3.05) is 13.7 Å². The molecule has 1 fully saturated rings. The third-order valence-electron chi connectivity index (χ3n) is 5.21. The molecule has 1 amide bonds. The lowest BCUT2D eigenvalue weighted by molar-refractivity contribution is -0.123. The maximum atomic E-state index is 14.1. The molecule has 0 spiro atoms. The third-order valence-corrected chi connectivity index (χ3v) is 5.21. The van der Waals surface area contributed by atoms with Crippen LogP contribution in [0.15, 0.2) is 18.3 Å². The average Bonchev–Trinajstić information content (AvgIpc) is 3.01. The van der Waals surface area contributed by atoms with Gasteiger partial charge in [-0.1, -0.05) is 18.8 Å². The fraction of sp³-hybridized carbons (Fsp3) is 0.458. The Morgan fingerprint density at radius 1 is 1.26 bits per heavy atom. The molecule has 7 heteroatoms. The molecule has 1 aromatic heterocycles. The number of carbonyl (C=O) groups excluding carboxylic acids is 1. The van der Waals surface area contributed by atoms with E-state index in [9.17, 15) is 14.4 Å². The van der Waals surface area contributed by atoms with Crippen LogP contribution in [0, 0.1) is 34.5 Å². The molecule has 1 aromatic carbocycles. The number of alkyl halides is 1. The minimum atomic E-state index is -1.53. The van der Waals surface area contributed by atoms with Gasteiger partial charge in [0.25, 0.3) is 5.91 Å². The van der Waals surface area contributed by atoms with E-state index in [1.807, 2.05) is 27.7 Å². The number of hydrogen-bond donors (Lipinski definition) is 1. The lowest BCUT2D eigenvalue weighted by atomic mass is 9.96. The zero-order valence-corrected chi connectivity index (χ0v) is 18.4. The standard InChI is InChI=1S/C24H26FN3O3/c1-6-16-19(28-22(29)21(16)25)13-31-23-18-10-20(30-5)15(11-26)9-17(18)14(12-27-23)7-8-24(2,3)4/h9-10,12,16,19,21H,6,13H2,1-5H3,(H,28,29)/t16-,19+,21-/m0/s1. The van der Waals surface area contributed by atoms with Gasteiger partial charge in [0.2, 0.25) is 5.88 Å². The van der Waals surface area contributed by atoms with E-state index in [4.69, 9.17) is 9.47 Å². The second-order valence-electron chi connectivity index (χ2n) is 8.59. The van der Waals surface area contributed by atoms with E-state index in [2.05, 4.69) is 28.2 Å². The van der Waals surface area contributed by atoms with Crippen molar-refractivity contribution in [3.8, 4) is 29.5 Å². The normalized spacial score (nSPS) is 20.5. The first-order valence-electron chi connectivity index (χ1n) is 10.2. The highest BCUT2D eigenvalue weighted by molar-refractivity contribution is 5.94. The van der Waals surface area contributed by atoms with Crippen LogP contribution in [0.3, 0.4) is 0 Å². The van der Waals surface area contributed by atoms with E-state index in [0.29, 0.717) is 39.9 Å². The van der Waals surface area contributed by atoms with Crippen molar-refractivity contribution in [3.05, 3.63) is 29.5 Å². The summed E-state index contributed by atoms with van der Waals surface area (Å²) in [6.45, 7) is 7.95. The summed E-state index contributed by atoms with van der Waals surface area (Å²) >= 11 is 0. The number of rotatable bonds is 5. The van der Waals surface area contributed by atoms with Gasteiger partial charge in [0.1, 0.15) is 18.4 Å². The summed E-state index contributed by atoms with van der Waals surface area (Å²) in [5, 5.41) is 13.5. The number of amides is 1. The van der Waals surface area contributed by atoms with E-state index >= 15 is 0 Å². The number of benzene rings is 1. The number of pyridine rings is 1. The number of aromatic nitrogens is 1. The predicted octanol–water partition coefficient (Wildman–Crippen LogP) is 3.75. The first kappa shape index (κ1) is 22.4. The number of nitrogens with zero attached hydrogens (tertiary/aromatic N) is 2. The molecule has 31 heavy (non-hydrogen) atoms. The molecule has 6 nitrogen and oxygen atoms in total. The van der Waals surface area contributed by atoms with Gasteiger partial charge in [0, 0.05) is 28.3 Å². The van der Waals surface area contributed by atoms with Crippen LogP contribution in [0.1, 0.15) is 45.2 Å². The Kier molecular flexibility index (Phi) is 6.36. The Morgan fingerprint density at radius 3 is 2.61 bits per heavy atom. The van der Waals surface area contributed by atoms with E-state index < -0.39 is 24.0 Å². The average molecular weight is 423 g/mol. The number of nitriles is 1. The number of nitrogens with one attached hydrogen (secondary N) is 1. The van der Waals surface area contributed by atoms with Gasteiger partial charge in [0.05, 0.1) is 24.3 Å². The van der Waals surface area contributed by atoms with E-state index in [0.717, 1.165) is 0 Å². The van der Waals surface area contributed by atoms with Crippen LogP contribution in [0.5, 0.6) is 11.6 Å². The van der Waals surface area contributed by atoms with Crippen molar-refractivity contribution in [1.29, 1.82) is 5.26 Å². The van der Waals surface area contributed by atoms with Gasteiger partial charge < -0.3 is 14.8 Å². The van der Waals surface area contributed by atoms with Gasteiger partial charge in [-0.25, -0.2) is 9.37 Å². The summed E-state index contributed by atoms with van der Waals surface area (Å²) < 4.78 is 25.4. The number of hydrogen-bond acceptors (Lipinski definition) is 5. The largest absolute Gasteiger partial charge is 0.495 e. The summed E-state index contributed by atoms with van der Waals surface area (Å²) in [5.74, 6) is 5.98. The Balaban J connectivity index is 2.03. The summed E-state index contributed by atoms with van der Waals surface area (Å²) in [6, 6.07) is 5.10. The fourth-order valence-electron chi connectivity index (χ4n) is 3.56. The summed E-state index contributed by atoms with van der Waals surface area (Å²) in [4.78, 5) is 16.1. The quantitative estimate of drug-likeness (QED) is 0.741. The molecule has 1 saturated heterocycles. The van der Waals surface area contributed by atoms with Crippen LogP contribution in [0.2, 0.25) is 0 Å². The molecular formula is C24H26FN3O3. The monoisotopic (exact) mass is 423 g/mol. The maximum absolute atomic E-state index is 14.1. The van der Waals surface area contributed by atoms with Gasteiger partial charge >= 0.3 is 0 Å². The zero-order valence-electron chi connectivity index (χ0n) is 18.4. The van der Waals surface area contributed by atoms with Crippen LogP contribution >= 0.6 is 0 Å². The molecular weight excluding hydrogens is 397 g/mol. The highest BCUT2D eigenvalue weighted by atomic mass is 19.1. The predicted molar refractivity (Wildman–Crippen MR) is 115 cm³/mol. The third kappa shape index (κ3) is 4.72. The second kappa shape index (κ2) is 8.81. The van der Waals surface area contributed by atoms with Crippen molar-refractivity contribution in [2.24, 2.45) is 11.3 Å². The number of carbonyl (C=O) groups is 1. The number of ether oxygens (including phenoxy) is 2. The Labute approximate surface area is 181 Å². The highest BCUT2D eigenvalue weighted by Crippen LogP contribution is 2.33. The summed E-state index contributed by atoms with van der Waals surface area (Å²) in [5.41, 5.74) is 0.839. The number of halogens is 1. The smallest absolute Gasteiger partial charge is 0.255 e. The summed E-state index contributed by atoms with van der Waals surface area (Å²) in [6.07, 6.45) is 0.589. The topological polar surface area (TPSA) is 84.2 Å². The lowest BCUT2D eigenvalue weighted by Crippen LogP contribution is -2.34. The van der Waals surface area contributed by atoms with Crippen LogP contribution in [-0.2, 0) is 4.79 Å². The first-order chi connectivity index (χ1) is 14.7. The Morgan fingerprint density at radius 2 is 2.00 bits per heavy atom. The second-order valence-corrected chi connectivity index (χ2v) is 8.59. The van der Waals surface area contributed by atoms with Crippen LogP contribution in [0.25, 0.3) is 10.8 Å². The molecule has 1 N–H and O–H groups in total. The van der Waals surface area contributed by atoms with Gasteiger partial charge in [-0.15, -0.1) is 0 Å². The van der Waals surface area contributed by atoms with E-state index in [-0.39, 0.29) is 12.0 Å². The molecule has 1 aliphatic rings. The van der Waals surface area contributed by atoms with Crippen LogP contribution in [0.4, 0.5) is 4.39 Å². The molecule has 3 rings (SSSR count). The number of methoxy groups -OCH3 is 1. The fourth-order valence-corrected chi connectivity index (χ4v) is 3.56. The van der Waals surface area contributed by atoms with Crippen molar-refractivity contribution < 1.29 is 18.7 Å². The van der Waals surface area contributed by atoms with Crippen LogP contribution < -0.4 is 14.8 Å². The van der Waals surface area contributed by atoms with Crippen molar-refractivity contribution in [3.63, 3.8) is 0 Å². The zero-order chi connectivity index (χ0) is 22.8. The van der Waals surface area contributed by atoms with Crippen molar-refractivity contribution in [2.45, 2.75) is 46.3 Å². The lowest BCUT2D eigenvalue weighted by Gasteiger charge is -2.19. The van der Waals surface area contributed by atoms with E-state index in [1.165, 1.54) is 7.11 Å². The molecule has 0 bridgehead atoms. The van der Waals surface area contributed by atoms with Gasteiger partial charge in [-0.2, -0.15) is 5.26 Å². The molecule has 162 valence electrons. The minimum Gasteiger partial charge on any atom is -0.495 e. The molecule has 0 radical (unpaired) electrons. The van der Waals surface area contributed by atoms with Crippen molar-refractivity contribution in [1.82, 2.24) is 10.3 Å². The maximum Gasteiger partial charge on any atom is 0.255 e. The molecule has 0 saturated carbocycles. The molecule has 3 atom stereocenters. The molecule has 0 unspecified atom stereocenters.